The Labute approximate surface area is 149 Å². The number of rotatable bonds is 6. The van der Waals surface area contributed by atoms with Crippen molar-refractivity contribution in [3.05, 3.63) is 65.2 Å². The first-order valence-corrected chi connectivity index (χ1v) is 8.61. The number of hydrogen-bond donors (Lipinski definition) is 1. The number of hydrogen-bond acceptors (Lipinski definition) is 4. The number of benzene rings is 1. The SMILES string of the molecule is C=CCNC(=O)Cn1nc(C2CC2)c2cnn(-c3ccccc3)c2c1=O. The summed E-state index contributed by atoms with van der Waals surface area (Å²) in [5.41, 5.74) is 1.79. The van der Waals surface area contributed by atoms with Crippen molar-refractivity contribution >= 4 is 16.8 Å². The van der Waals surface area contributed by atoms with Gasteiger partial charge in [0.05, 0.1) is 17.6 Å². The van der Waals surface area contributed by atoms with Crippen LogP contribution in [-0.4, -0.2) is 32.0 Å². The maximum Gasteiger partial charge on any atom is 0.293 e. The van der Waals surface area contributed by atoms with Crippen LogP contribution in [0.5, 0.6) is 0 Å². The van der Waals surface area contributed by atoms with Crippen molar-refractivity contribution in [2.75, 3.05) is 6.54 Å². The van der Waals surface area contributed by atoms with Gasteiger partial charge in [-0.15, -0.1) is 6.58 Å². The van der Waals surface area contributed by atoms with Crippen LogP contribution >= 0.6 is 0 Å². The number of nitrogens with zero attached hydrogens (tertiary/aromatic N) is 4. The van der Waals surface area contributed by atoms with E-state index in [1.54, 1.807) is 17.0 Å². The average Bonchev–Trinajstić information content (AvgIpc) is 3.40. The Kier molecular flexibility index (Phi) is 4.12. The van der Waals surface area contributed by atoms with Crippen LogP contribution in [-0.2, 0) is 11.3 Å². The molecule has 1 aliphatic carbocycles. The lowest BCUT2D eigenvalue weighted by Gasteiger charge is -2.10. The third-order valence-corrected chi connectivity index (χ3v) is 4.41. The van der Waals surface area contributed by atoms with Crippen molar-refractivity contribution < 1.29 is 4.79 Å². The van der Waals surface area contributed by atoms with Gasteiger partial charge in [-0.25, -0.2) is 9.36 Å². The largest absolute Gasteiger partial charge is 0.351 e. The molecule has 2 heterocycles. The zero-order valence-corrected chi connectivity index (χ0v) is 14.3. The molecular weight excluding hydrogens is 330 g/mol. The number of aromatic nitrogens is 4. The number of carbonyl (C=O) groups is 1. The maximum absolute atomic E-state index is 13.0. The molecule has 0 bridgehead atoms. The van der Waals surface area contributed by atoms with Gasteiger partial charge in [-0.2, -0.15) is 10.2 Å². The predicted octanol–water partition coefficient (Wildman–Crippen LogP) is 1.76. The molecule has 1 saturated carbocycles. The van der Waals surface area contributed by atoms with Crippen LogP contribution in [0.4, 0.5) is 0 Å². The fourth-order valence-electron chi connectivity index (χ4n) is 3.00. The lowest BCUT2D eigenvalue weighted by molar-refractivity contribution is -0.121. The summed E-state index contributed by atoms with van der Waals surface area (Å²) in [6.45, 7) is 3.80. The van der Waals surface area contributed by atoms with Crippen LogP contribution in [0, 0.1) is 0 Å². The summed E-state index contributed by atoms with van der Waals surface area (Å²) < 4.78 is 2.87. The van der Waals surface area contributed by atoms with E-state index in [1.807, 2.05) is 30.3 Å². The minimum atomic E-state index is -0.320. The minimum absolute atomic E-state index is 0.123. The molecule has 7 nitrogen and oxygen atoms in total. The van der Waals surface area contributed by atoms with E-state index in [-0.39, 0.29) is 18.0 Å². The molecule has 1 amide bonds. The van der Waals surface area contributed by atoms with Crippen LogP contribution in [0.15, 0.2) is 54.0 Å². The highest BCUT2D eigenvalue weighted by molar-refractivity contribution is 5.83. The van der Waals surface area contributed by atoms with Gasteiger partial charge in [-0.3, -0.25) is 9.59 Å². The Balaban J connectivity index is 1.85. The van der Waals surface area contributed by atoms with Crippen LogP contribution in [0.25, 0.3) is 16.6 Å². The van der Waals surface area contributed by atoms with E-state index in [0.717, 1.165) is 29.6 Å². The molecular formula is C19H19N5O2. The monoisotopic (exact) mass is 349 g/mol. The minimum Gasteiger partial charge on any atom is -0.351 e. The van der Waals surface area contributed by atoms with E-state index in [2.05, 4.69) is 22.1 Å². The van der Waals surface area contributed by atoms with Crippen LogP contribution < -0.4 is 10.9 Å². The summed E-state index contributed by atoms with van der Waals surface area (Å²) in [6, 6.07) is 9.49. The van der Waals surface area contributed by atoms with Gasteiger partial charge in [0, 0.05) is 17.8 Å². The second kappa shape index (κ2) is 6.59. The Hall–Kier alpha value is -3.22. The predicted molar refractivity (Wildman–Crippen MR) is 98.3 cm³/mol. The molecule has 0 spiro atoms. The molecule has 0 radical (unpaired) electrons. The quantitative estimate of drug-likeness (QED) is 0.688. The summed E-state index contributed by atoms with van der Waals surface area (Å²) in [7, 11) is 0. The lowest BCUT2D eigenvalue weighted by Crippen LogP contribution is -2.34. The summed E-state index contributed by atoms with van der Waals surface area (Å²) in [4.78, 5) is 25.1. The normalized spacial score (nSPS) is 13.7. The third kappa shape index (κ3) is 2.92. The molecule has 0 saturated heterocycles. The van der Waals surface area contributed by atoms with Crippen LogP contribution in [0.2, 0.25) is 0 Å². The topological polar surface area (TPSA) is 81.8 Å². The second-order valence-electron chi connectivity index (χ2n) is 6.37. The molecule has 7 heteroatoms. The van der Waals surface area contributed by atoms with Gasteiger partial charge in [0.1, 0.15) is 12.1 Å². The number of nitrogens with one attached hydrogen (secondary N) is 1. The molecule has 4 rings (SSSR count). The Morgan fingerprint density at radius 1 is 1.31 bits per heavy atom. The zero-order chi connectivity index (χ0) is 18.1. The van der Waals surface area contributed by atoms with Gasteiger partial charge >= 0.3 is 0 Å². The molecule has 0 unspecified atom stereocenters. The smallest absolute Gasteiger partial charge is 0.293 e. The fourth-order valence-corrected chi connectivity index (χ4v) is 3.00. The van der Waals surface area contributed by atoms with E-state index in [9.17, 15) is 9.59 Å². The van der Waals surface area contributed by atoms with E-state index in [4.69, 9.17) is 0 Å². The van der Waals surface area contributed by atoms with E-state index in [1.165, 1.54) is 4.68 Å². The first kappa shape index (κ1) is 16.3. The number of para-hydroxylation sites is 1. The van der Waals surface area contributed by atoms with Crippen molar-refractivity contribution in [3.63, 3.8) is 0 Å². The van der Waals surface area contributed by atoms with Gasteiger partial charge in [-0.1, -0.05) is 24.3 Å². The third-order valence-electron chi connectivity index (χ3n) is 4.41. The van der Waals surface area contributed by atoms with Crippen molar-refractivity contribution in [1.82, 2.24) is 24.9 Å². The van der Waals surface area contributed by atoms with Gasteiger partial charge in [0.2, 0.25) is 5.91 Å². The molecule has 26 heavy (non-hydrogen) atoms. The van der Waals surface area contributed by atoms with Crippen molar-refractivity contribution in [2.45, 2.75) is 25.3 Å². The Bertz CT molecular complexity index is 1030. The second-order valence-corrected chi connectivity index (χ2v) is 6.37. The summed E-state index contributed by atoms with van der Waals surface area (Å²) in [5, 5.41) is 12.3. The maximum atomic E-state index is 13.0. The van der Waals surface area contributed by atoms with Crippen molar-refractivity contribution in [2.24, 2.45) is 0 Å². The molecule has 3 aromatic rings. The van der Waals surface area contributed by atoms with E-state index in [0.29, 0.717) is 18.0 Å². The Morgan fingerprint density at radius 3 is 2.77 bits per heavy atom. The van der Waals surface area contributed by atoms with E-state index < -0.39 is 0 Å². The zero-order valence-electron chi connectivity index (χ0n) is 14.3. The highest BCUT2D eigenvalue weighted by Crippen LogP contribution is 2.41. The number of amides is 1. The van der Waals surface area contributed by atoms with Gasteiger partial charge in [0.15, 0.2) is 0 Å². The molecule has 2 aromatic heterocycles. The first-order chi connectivity index (χ1) is 12.7. The number of carbonyl (C=O) groups excluding carboxylic acids is 1. The van der Waals surface area contributed by atoms with Crippen molar-refractivity contribution in [3.8, 4) is 5.69 Å². The number of fused-ring (bicyclic) bond motifs is 1. The van der Waals surface area contributed by atoms with Gasteiger partial charge < -0.3 is 5.32 Å². The highest BCUT2D eigenvalue weighted by Gasteiger charge is 2.30. The standard InChI is InChI=1S/C19H19N5O2/c1-2-10-20-16(25)12-23-19(26)18-15(17(22-23)13-8-9-13)11-21-24(18)14-6-4-3-5-7-14/h2-7,11,13H,1,8-10,12H2,(H,20,25). The Morgan fingerprint density at radius 2 is 2.08 bits per heavy atom. The molecule has 0 atom stereocenters. The lowest BCUT2D eigenvalue weighted by atomic mass is 10.2. The molecule has 1 fully saturated rings. The average molecular weight is 349 g/mol. The van der Waals surface area contributed by atoms with Gasteiger partial charge in [0.25, 0.3) is 5.56 Å². The summed E-state index contributed by atoms with van der Waals surface area (Å²) in [6.07, 6.45) is 5.38. The van der Waals surface area contributed by atoms with Crippen LogP contribution in [0.3, 0.4) is 0 Å². The summed E-state index contributed by atoms with van der Waals surface area (Å²) >= 11 is 0. The molecule has 1 aromatic carbocycles. The molecule has 1 N–H and O–H groups in total. The first-order valence-electron chi connectivity index (χ1n) is 8.61. The molecule has 1 aliphatic rings. The van der Waals surface area contributed by atoms with E-state index >= 15 is 0 Å². The van der Waals surface area contributed by atoms with Gasteiger partial charge in [-0.05, 0) is 25.0 Å². The summed E-state index contributed by atoms with van der Waals surface area (Å²) in [5.74, 6) is 0.0559. The van der Waals surface area contributed by atoms with Crippen LogP contribution in [0.1, 0.15) is 24.5 Å². The van der Waals surface area contributed by atoms with Crippen molar-refractivity contribution in [1.29, 1.82) is 0 Å². The fraction of sp³-hybridized carbons (Fsp3) is 0.263. The molecule has 132 valence electrons. The molecule has 0 aliphatic heterocycles. The highest BCUT2D eigenvalue weighted by atomic mass is 16.2.